The van der Waals surface area contributed by atoms with E-state index in [0.29, 0.717) is 0 Å². The van der Waals surface area contributed by atoms with E-state index in [2.05, 4.69) is 10.3 Å². The van der Waals surface area contributed by atoms with Crippen LogP contribution in [0.25, 0.3) is 10.6 Å². The molecule has 0 aliphatic heterocycles. The predicted octanol–water partition coefficient (Wildman–Crippen LogP) is 4.58. The Morgan fingerprint density at radius 3 is 2.67 bits per heavy atom. The molecule has 0 aliphatic carbocycles. The van der Waals surface area contributed by atoms with Crippen molar-refractivity contribution >= 4 is 17.2 Å². The summed E-state index contributed by atoms with van der Waals surface area (Å²) in [6.07, 6.45) is 0. The highest BCUT2D eigenvalue weighted by atomic mass is 32.1. The minimum Gasteiger partial charge on any atom is -0.344 e. The van der Waals surface area contributed by atoms with E-state index in [-0.39, 0.29) is 11.3 Å². The smallest absolute Gasteiger partial charge is 0.271 e. The van der Waals surface area contributed by atoms with Gasteiger partial charge in [0.15, 0.2) is 0 Å². The van der Waals surface area contributed by atoms with E-state index in [1.807, 2.05) is 30.3 Å². The third kappa shape index (κ3) is 3.49. The van der Waals surface area contributed by atoms with Crippen LogP contribution in [0.4, 0.5) is 8.78 Å². The molecule has 2 aromatic carbocycles. The molecule has 122 valence electrons. The normalized spacial score (nSPS) is 12.0. The zero-order chi connectivity index (χ0) is 17.1. The van der Waals surface area contributed by atoms with Crippen molar-refractivity contribution in [2.24, 2.45) is 0 Å². The third-order valence-electron chi connectivity index (χ3n) is 3.53. The van der Waals surface area contributed by atoms with Crippen molar-refractivity contribution in [1.29, 1.82) is 0 Å². The van der Waals surface area contributed by atoms with Gasteiger partial charge in [-0.2, -0.15) is 0 Å². The second-order valence-corrected chi connectivity index (χ2v) is 6.12. The van der Waals surface area contributed by atoms with Crippen LogP contribution in [0.1, 0.15) is 29.0 Å². The predicted molar refractivity (Wildman–Crippen MR) is 89.8 cm³/mol. The zero-order valence-corrected chi connectivity index (χ0v) is 13.6. The summed E-state index contributed by atoms with van der Waals surface area (Å²) in [5.41, 5.74) is 1.27. The van der Waals surface area contributed by atoms with Gasteiger partial charge in [-0.15, -0.1) is 11.3 Å². The summed E-state index contributed by atoms with van der Waals surface area (Å²) < 4.78 is 27.0. The van der Waals surface area contributed by atoms with Crippen LogP contribution in [-0.4, -0.2) is 10.9 Å². The van der Waals surface area contributed by atoms with Gasteiger partial charge in [-0.3, -0.25) is 4.79 Å². The molecule has 0 saturated heterocycles. The fourth-order valence-electron chi connectivity index (χ4n) is 2.29. The zero-order valence-electron chi connectivity index (χ0n) is 12.8. The van der Waals surface area contributed by atoms with Crippen LogP contribution in [-0.2, 0) is 0 Å². The summed E-state index contributed by atoms with van der Waals surface area (Å²) in [7, 11) is 0. The quantitative estimate of drug-likeness (QED) is 0.753. The molecule has 1 atom stereocenters. The highest BCUT2D eigenvalue weighted by Crippen LogP contribution is 2.24. The van der Waals surface area contributed by atoms with Gasteiger partial charge in [-0.25, -0.2) is 13.8 Å². The van der Waals surface area contributed by atoms with Crippen LogP contribution in [0.5, 0.6) is 0 Å². The summed E-state index contributed by atoms with van der Waals surface area (Å²) in [4.78, 5) is 16.6. The van der Waals surface area contributed by atoms with Crippen molar-refractivity contribution in [3.63, 3.8) is 0 Å². The van der Waals surface area contributed by atoms with Crippen molar-refractivity contribution in [1.82, 2.24) is 10.3 Å². The second-order valence-electron chi connectivity index (χ2n) is 5.26. The third-order valence-corrected chi connectivity index (χ3v) is 4.42. The lowest BCUT2D eigenvalue weighted by atomic mass is 10.1. The Labute approximate surface area is 142 Å². The number of halogens is 2. The minimum atomic E-state index is -0.671. The molecular formula is C18H14F2N2OS. The number of thiazole rings is 1. The van der Waals surface area contributed by atoms with E-state index in [4.69, 9.17) is 0 Å². The van der Waals surface area contributed by atoms with Crippen molar-refractivity contribution in [3.05, 3.63) is 76.8 Å². The molecule has 0 saturated carbocycles. The number of carbonyl (C=O) groups is 1. The highest BCUT2D eigenvalue weighted by Gasteiger charge is 2.18. The van der Waals surface area contributed by atoms with Gasteiger partial charge in [0, 0.05) is 16.5 Å². The number of hydrogen-bond acceptors (Lipinski definition) is 3. The average molecular weight is 344 g/mol. The molecule has 1 amide bonds. The maximum Gasteiger partial charge on any atom is 0.271 e. The number of carbonyl (C=O) groups excluding carboxylic acids is 1. The van der Waals surface area contributed by atoms with E-state index in [1.165, 1.54) is 11.3 Å². The van der Waals surface area contributed by atoms with Crippen LogP contribution < -0.4 is 5.32 Å². The van der Waals surface area contributed by atoms with Gasteiger partial charge >= 0.3 is 0 Å². The summed E-state index contributed by atoms with van der Waals surface area (Å²) >= 11 is 1.35. The number of amides is 1. The Hall–Kier alpha value is -2.60. The molecule has 0 radical (unpaired) electrons. The molecule has 3 nitrogen and oxygen atoms in total. The van der Waals surface area contributed by atoms with Crippen LogP contribution in [0, 0.1) is 11.6 Å². The van der Waals surface area contributed by atoms with Crippen molar-refractivity contribution in [2.75, 3.05) is 0 Å². The first kappa shape index (κ1) is 16.3. The van der Waals surface area contributed by atoms with E-state index in [9.17, 15) is 13.6 Å². The molecule has 1 aromatic heterocycles. The maximum atomic E-state index is 13.8. The summed E-state index contributed by atoms with van der Waals surface area (Å²) in [6.45, 7) is 1.60. The van der Waals surface area contributed by atoms with Gasteiger partial charge in [-0.05, 0) is 25.1 Å². The number of benzene rings is 2. The molecule has 1 heterocycles. The second kappa shape index (κ2) is 6.88. The average Bonchev–Trinajstić information content (AvgIpc) is 3.08. The Bertz CT molecular complexity index is 864. The van der Waals surface area contributed by atoms with E-state index in [1.54, 1.807) is 12.3 Å². The fourth-order valence-corrected chi connectivity index (χ4v) is 3.09. The molecule has 1 unspecified atom stereocenters. The lowest BCUT2D eigenvalue weighted by Gasteiger charge is -2.14. The van der Waals surface area contributed by atoms with Gasteiger partial charge in [0.1, 0.15) is 22.3 Å². The van der Waals surface area contributed by atoms with Crippen LogP contribution >= 0.6 is 11.3 Å². The molecular weight excluding hydrogens is 330 g/mol. The first-order valence-corrected chi connectivity index (χ1v) is 8.19. The molecule has 0 bridgehead atoms. The largest absolute Gasteiger partial charge is 0.344 e. The summed E-state index contributed by atoms with van der Waals surface area (Å²) in [6, 6.07) is 12.0. The molecule has 0 fully saturated rings. The fraction of sp³-hybridized carbons (Fsp3) is 0.111. The highest BCUT2D eigenvalue weighted by molar-refractivity contribution is 7.13. The van der Waals surface area contributed by atoms with E-state index in [0.717, 1.165) is 28.8 Å². The molecule has 3 rings (SSSR count). The van der Waals surface area contributed by atoms with E-state index >= 15 is 0 Å². The van der Waals surface area contributed by atoms with Crippen LogP contribution in [0.15, 0.2) is 53.9 Å². The lowest BCUT2D eigenvalue weighted by Crippen LogP contribution is -2.27. The topological polar surface area (TPSA) is 42.0 Å². The number of rotatable bonds is 4. The maximum absolute atomic E-state index is 13.8. The Kier molecular flexibility index (Phi) is 4.66. The Morgan fingerprint density at radius 1 is 1.17 bits per heavy atom. The van der Waals surface area contributed by atoms with E-state index < -0.39 is 23.6 Å². The number of nitrogens with one attached hydrogen (secondary N) is 1. The first-order valence-electron chi connectivity index (χ1n) is 7.31. The van der Waals surface area contributed by atoms with Gasteiger partial charge in [-0.1, -0.05) is 30.3 Å². The molecule has 24 heavy (non-hydrogen) atoms. The molecule has 0 spiro atoms. The van der Waals surface area contributed by atoms with Gasteiger partial charge < -0.3 is 5.32 Å². The molecule has 3 aromatic rings. The van der Waals surface area contributed by atoms with Crippen molar-refractivity contribution in [2.45, 2.75) is 13.0 Å². The number of aromatic nitrogens is 1. The van der Waals surface area contributed by atoms with Gasteiger partial charge in [0.25, 0.3) is 5.91 Å². The van der Waals surface area contributed by atoms with Crippen LogP contribution in [0.3, 0.4) is 0 Å². The minimum absolute atomic E-state index is 0.0989. The lowest BCUT2D eigenvalue weighted by molar-refractivity contribution is 0.0935. The Balaban J connectivity index is 1.76. The standard InChI is InChI=1S/C18H14F2N2OS/c1-11(14-9-13(19)7-8-15(14)20)21-17(23)16-10-24-18(22-16)12-5-3-2-4-6-12/h2-11H,1H3,(H,21,23). The molecule has 6 heteroatoms. The molecule has 0 aliphatic rings. The summed E-state index contributed by atoms with van der Waals surface area (Å²) in [5.74, 6) is -1.54. The number of hydrogen-bond donors (Lipinski definition) is 1. The van der Waals surface area contributed by atoms with Crippen molar-refractivity contribution < 1.29 is 13.6 Å². The summed E-state index contributed by atoms with van der Waals surface area (Å²) in [5, 5.41) is 5.02. The molecule has 1 N–H and O–H groups in total. The monoisotopic (exact) mass is 344 g/mol. The SMILES string of the molecule is CC(NC(=O)c1csc(-c2ccccc2)n1)c1cc(F)ccc1F. The van der Waals surface area contributed by atoms with Crippen molar-refractivity contribution in [3.8, 4) is 10.6 Å². The number of nitrogens with zero attached hydrogens (tertiary/aromatic N) is 1. The first-order chi connectivity index (χ1) is 11.5. The van der Waals surface area contributed by atoms with Gasteiger partial charge in [0.05, 0.1) is 6.04 Å². The van der Waals surface area contributed by atoms with Crippen LogP contribution in [0.2, 0.25) is 0 Å². The van der Waals surface area contributed by atoms with Gasteiger partial charge in [0.2, 0.25) is 0 Å². The Morgan fingerprint density at radius 2 is 1.92 bits per heavy atom.